The summed E-state index contributed by atoms with van der Waals surface area (Å²) < 4.78 is 1.77. The molecule has 0 N–H and O–H groups in total. The van der Waals surface area contributed by atoms with Gasteiger partial charge in [-0.1, -0.05) is 18.2 Å². The van der Waals surface area contributed by atoms with Gasteiger partial charge in [0.25, 0.3) is 0 Å². The van der Waals surface area contributed by atoms with E-state index in [1.54, 1.807) is 10.6 Å². The van der Waals surface area contributed by atoms with Crippen LogP contribution in [0, 0.1) is 0 Å². The number of hydrogen-bond acceptors (Lipinski definition) is 1. The third kappa shape index (κ3) is 2.06. The Kier molecular flexibility index (Phi) is 2.91. The summed E-state index contributed by atoms with van der Waals surface area (Å²) in [6.07, 6.45) is 10.5. The van der Waals surface area contributed by atoms with Gasteiger partial charge in [-0.05, 0) is 42.2 Å². The highest BCUT2D eigenvalue weighted by Crippen LogP contribution is 2.32. The molecule has 1 heterocycles. The molecule has 2 nitrogen and oxygen atoms in total. The Bertz CT molecular complexity index is 501. The normalized spacial score (nSPS) is 16.0. The first-order valence-corrected chi connectivity index (χ1v) is 5.35. The fourth-order valence-electron chi connectivity index (χ4n) is 1.88. The first-order valence-electron chi connectivity index (χ1n) is 5.35. The van der Waals surface area contributed by atoms with Gasteiger partial charge in [-0.15, -0.1) is 0 Å². The van der Waals surface area contributed by atoms with Crippen LogP contribution in [-0.4, -0.2) is 10.9 Å². The number of aromatic nitrogens is 1. The third-order valence-corrected chi connectivity index (χ3v) is 2.91. The lowest BCUT2D eigenvalue weighted by atomic mass is 10.2. The van der Waals surface area contributed by atoms with Crippen LogP contribution in [0.2, 0.25) is 0 Å². The fourth-order valence-corrected chi connectivity index (χ4v) is 1.88. The van der Waals surface area contributed by atoms with Gasteiger partial charge in [0.15, 0.2) is 6.29 Å². The van der Waals surface area contributed by atoms with Gasteiger partial charge in [0.1, 0.15) is 0 Å². The maximum Gasteiger partial charge on any atom is 0.166 e. The van der Waals surface area contributed by atoms with Crippen molar-refractivity contribution in [2.45, 2.75) is 13.3 Å². The molecule has 1 aromatic heterocycles. The Balaban J connectivity index is 0.000000120. The Labute approximate surface area is 95.6 Å². The number of carbonyl (C=O) groups is 1. The zero-order valence-electron chi connectivity index (χ0n) is 9.60. The largest absolute Gasteiger partial charge is 0.348 e. The molecule has 2 aliphatic rings. The summed E-state index contributed by atoms with van der Waals surface area (Å²) >= 11 is 0. The average Bonchev–Trinajstić information content (AvgIpc) is 2.94. The predicted octanol–water partition coefficient (Wildman–Crippen LogP) is 3.04. The molecule has 0 saturated carbocycles. The topological polar surface area (TPSA) is 22.0 Å². The van der Waals surface area contributed by atoms with E-state index < -0.39 is 0 Å². The molecule has 16 heavy (non-hydrogen) atoms. The van der Waals surface area contributed by atoms with Crippen molar-refractivity contribution >= 4 is 6.29 Å². The molecule has 2 heteroatoms. The maximum atomic E-state index is 10.1. The zero-order valence-corrected chi connectivity index (χ0v) is 9.60. The Morgan fingerprint density at radius 2 is 2.19 bits per heavy atom. The monoisotopic (exact) mass is 213 g/mol. The maximum absolute atomic E-state index is 10.1. The molecule has 0 aromatic carbocycles. The van der Waals surface area contributed by atoms with Crippen LogP contribution in [0.3, 0.4) is 0 Å². The summed E-state index contributed by atoms with van der Waals surface area (Å²) in [5.41, 5.74) is 5.17. The summed E-state index contributed by atoms with van der Waals surface area (Å²) in [6.45, 7) is 2.17. The predicted molar refractivity (Wildman–Crippen MR) is 65.3 cm³/mol. The molecular weight excluding hydrogens is 198 g/mol. The lowest BCUT2D eigenvalue weighted by Crippen LogP contribution is -1.90. The van der Waals surface area contributed by atoms with E-state index in [0.717, 1.165) is 6.29 Å². The van der Waals surface area contributed by atoms with Crippen LogP contribution in [0.1, 0.15) is 23.8 Å². The van der Waals surface area contributed by atoms with Crippen molar-refractivity contribution in [3.8, 4) is 0 Å². The summed E-state index contributed by atoms with van der Waals surface area (Å²) in [6, 6.07) is 3.61. The van der Waals surface area contributed by atoms with Gasteiger partial charge in [-0.25, -0.2) is 0 Å². The van der Waals surface area contributed by atoms with Crippen LogP contribution >= 0.6 is 0 Å². The van der Waals surface area contributed by atoms with Crippen molar-refractivity contribution in [1.82, 2.24) is 4.57 Å². The Morgan fingerprint density at radius 3 is 2.44 bits per heavy atom. The van der Waals surface area contributed by atoms with Gasteiger partial charge in [0.2, 0.25) is 0 Å². The number of allylic oxidation sites excluding steroid dienone is 6. The van der Waals surface area contributed by atoms with Crippen molar-refractivity contribution in [2.75, 3.05) is 0 Å². The van der Waals surface area contributed by atoms with Crippen molar-refractivity contribution in [3.63, 3.8) is 0 Å². The highest BCUT2D eigenvalue weighted by molar-refractivity contribution is 5.72. The van der Waals surface area contributed by atoms with Crippen LogP contribution < -0.4 is 0 Å². The zero-order chi connectivity index (χ0) is 11.5. The first kappa shape index (κ1) is 10.7. The lowest BCUT2D eigenvalue weighted by molar-refractivity contribution is 0.111. The minimum atomic E-state index is 0.713. The fraction of sp³-hybridized carbons (Fsp3) is 0.214. The van der Waals surface area contributed by atoms with Gasteiger partial charge in [0, 0.05) is 13.2 Å². The summed E-state index contributed by atoms with van der Waals surface area (Å²) in [7, 11) is 1.84. The molecule has 0 aliphatic heterocycles. The minimum Gasteiger partial charge on any atom is -0.348 e. The van der Waals surface area contributed by atoms with Crippen LogP contribution in [-0.2, 0) is 7.05 Å². The number of fused-ring (bicyclic) bond motifs is 2. The molecule has 1 aromatic rings. The molecule has 0 spiro atoms. The number of aryl methyl sites for hydroxylation is 1. The van der Waals surface area contributed by atoms with Crippen LogP contribution in [0.15, 0.2) is 53.3 Å². The standard InChI is InChI=1S/C8H8.C6H7NO/c1-6-4-7-2-3-8(6)5-7;1-7-4-2-3-6(7)5-8/h2-4H,5H2,1H3;2-5H,1H3. The van der Waals surface area contributed by atoms with Gasteiger partial charge < -0.3 is 4.57 Å². The van der Waals surface area contributed by atoms with Gasteiger partial charge in [0.05, 0.1) is 5.69 Å². The highest BCUT2D eigenvalue weighted by Gasteiger charge is 2.13. The van der Waals surface area contributed by atoms with E-state index in [4.69, 9.17) is 0 Å². The second kappa shape index (κ2) is 4.35. The van der Waals surface area contributed by atoms with Crippen molar-refractivity contribution < 1.29 is 4.79 Å². The number of carbonyl (C=O) groups excluding carboxylic acids is 1. The van der Waals surface area contributed by atoms with E-state index in [-0.39, 0.29) is 0 Å². The molecule has 0 fully saturated rings. The SMILES string of the molecule is CC1=C2C=CC(=C1)C2.Cn1cccc1C=O. The molecule has 0 amide bonds. The molecule has 0 radical (unpaired) electrons. The van der Waals surface area contributed by atoms with E-state index >= 15 is 0 Å². The molecule has 0 atom stereocenters. The molecule has 82 valence electrons. The molecule has 0 unspecified atom stereocenters. The smallest absolute Gasteiger partial charge is 0.166 e. The molecular formula is C14H15NO. The van der Waals surface area contributed by atoms with Crippen molar-refractivity contribution in [2.24, 2.45) is 7.05 Å². The summed E-state index contributed by atoms with van der Waals surface area (Å²) in [5.74, 6) is 0. The highest BCUT2D eigenvalue weighted by atomic mass is 16.1. The Hall–Kier alpha value is -1.83. The van der Waals surface area contributed by atoms with Crippen LogP contribution in [0.4, 0.5) is 0 Å². The van der Waals surface area contributed by atoms with Crippen molar-refractivity contribution in [3.05, 3.63) is 59.0 Å². The number of nitrogens with zero attached hydrogens (tertiary/aromatic N) is 1. The summed E-state index contributed by atoms with van der Waals surface area (Å²) in [5, 5.41) is 0. The first-order chi connectivity index (χ1) is 7.70. The number of rotatable bonds is 1. The second-order valence-corrected chi connectivity index (χ2v) is 4.10. The Morgan fingerprint density at radius 1 is 1.38 bits per heavy atom. The molecule has 2 bridgehead atoms. The summed E-state index contributed by atoms with van der Waals surface area (Å²) in [4.78, 5) is 10.1. The van der Waals surface area contributed by atoms with Crippen LogP contribution in [0.5, 0.6) is 0 Å². The average molecular weight is 213 g/mol. The van der Waals surface area contributed by atoms with Crippen molar-refractivity contribution in [1.29, 1.82) is 0 Å². The molecule has 2 aliphatic carbocycles. The number of hydrogen-bond donors (Lipinski definition) is 0. The quantitative estimate of drug-likeness (QED) is 0.657. The third-order valence-electron chi connectivity index (χ3n) is 2.91. The van der Waals surface area contributed by atoms with Crippen LogP contribution in [0.25, 0.3) is 0 Å². The van der Waals surface area contributed by atoms with E-state index in [2.05, 4.69) is 25.2 Å². The van der Waals surface area contributed by atoms with E-state index in [1.807, 2.05) is 19.3 Å². The van der Waals surface area contributed by atoms with E-state index in [0.29, 0.717) is 5.69 Å². The minimum absolute atomic E-state index is 0.713. The van der Waals surface area contributed by atoms with Gasteiger partial charge >= 0.3 is 0 Å². The van der Waals surface area contributed by atoms with E-state index in [9.17, 15) is 4.79 Å². The van der Waals surface area contributed by atoms with Gasteiger partial charge in [-0.3, -0.25) is 4.79 Å². The lowest BCUT2D eigenvalue weighted by Gasteiger charge is -1.89. The molecule has 3 rings (SSSR count). The van der Waals surface area contributed by atoms with E-state index in [1.165, 1.54) is 23.1 Å². The number of aldehydes is 1. The second-order valence-electron chi connectivity index (χ2n) is 4.10. The van der Waals surface area contributed by atoms with Gasteiger partial charge in [-0.2, -0.15) is 0 Å². The molecule has 0 saturated heterocycles.